The first-order valence-corrected chi connectivity index (χ1v) is 14.6. The summed E-state index contributed by atoms with van der Waals surface area (Å²) in [7, 11) is 0. The van der Waals surface area contributed by atoms with E-state index in [4.69, 9.17) is 0 Å². The number of rotatable bonds is 7. The van der Waals surface area contributed by atoms with E-state index in [9.17, 15) is 14.7 Å². The van der Waals surface area contributed by atoms with Gasteiger partial charge in [0.25, 0.3) is 0 Å². The summed E-state index contributed by atoms with van der Waals surface area (Å²) in [4.78, 5) is 46.2. The smallest absolute Gasteiger partial charge is 0.306 e. The fourth-order valence-electron chi connectivity index (χ4n) is 6.13. The van der Waals surface area contributed by atoms with E-state index in [0.29, 0.717) is 37.8 Å². The van der Waals surface area contributed by atoms with Crippen molar-refractivity contribution >= 4 is 40.4 Å². The van der Waals surface area contributed by atoms with Crippen molar-refractivity contribution in [2.24, 2.45) is 5.92 Å². The van der Waals surface area contributed by atoms with Crippen LogP contribution >= 0.6 is 0 Å². The number of nitrogens with one attached hydrogen (secondary N) is 1. The second kappa shape index (κ2) is 12.1. The number of amides is 1. The Balaban J connectivity index is 1.06. The van der Waals surface area contributed by atoms with Crippen LogP contribution in [-0.2, 0) is 9.59 Å². The third-order valence-electron chi connectivity index (χ3n) is 8.47. The molecule has 42 heavy (non-hydrogen) atoms. The highest BCUT2D eigenvalue weighted by atomic mass is 16.4. The van der Waals surface area contributed by atoms with Gasteiger partial charge < -0.3 is 20.2 Å². The van der Waals surface area contributed by atoms with Gasteiger partial charge in [0.15, 0.2) is 0 Å². The zero-order valence-corrected chi connectivity index (χ0v) is 23.7. The van der Waals surface area contributed by atoms with E-state index in [1.54, 1.807) is 19.3 Å². The number of benzene rings is 2. The molecule has 1 aliphatic heterocycles. The fourth-order valence-corrected chi connectivity index (χ4v) is 6.13. The highest BCUT2D eigenvalue weighted by Gasteiger charge is 2.29. The first-order chi connectivity index (χ1) is 20.4. The minimum Gasteiger partial charge on any atom is -0.481 e. The molecule has 2 aliphatic rings. The topological polar surface area (TPSA) is 124 Å². The van der Waals surface area contributed by atoms with Crippen LogP contribution in [0.3, 0.4) is 0 Å². The summed E-state index contributed by atoms with van der Waals surface area (Å²) in [6.07, 6.45) is 10.3. The second-order valence-electron chi connectivity index (χ2n) is 11.2. The summed E-state index contributed by atoms with van der Waals surface area (Å²) in [5.74, 6) is 0.298. The van der Waals surface area contributed by atoms with E-state index in [1.165, 1.54) is 0 Å². The van der Waals surface area contributed by atoms with Crippen LogP contribution in [0.1, 0.15) is 45.4 Å². The Hall–Kier alpha value is -4.60. The Kier molecular flexibility index (Phi) is 7.94. The Morgan fingerprint density at radius 1 is 0.857 bits per heavy atom. The van der Waals surface area contributed by atoms with E-state index >= 15 is 0 Å². The predicted octanol–water partition coefficient (Wildman–Crippen LogP) is 5.16. The van der Waals surface area contributed by atoms with Gasteiger partial charge in [-0.2, -0.15) is 0 Å². The van der Waals surface area contributed by atoms with Crippen molar-refractivity contribution in [1.29, 1.82) is 0 Å². The normalized spacial score (nSPS) is 19.4. The number of hydrogen-bond acceptors (Lipinski definition) is 8. The first-order valence-electron chi connectivity index (χ1n) is 14.6. The summed E-state index contributed by atoms with van der Waals surface area (Å²) in [5, 5.41) is 13.7. The van der Waals surface area contributed by atoms with Gasteiger partial charge in [0, 0.05) is 67.3 Å². The highest BCUT2D eigenvalue weighted by molar-refractivity contribution is 5.92. The zero-order valence-electron chi connectivity index (χ0n) is 23.7. The molecule has 1 amide bonds. The third kappa shape index (κ3) is 6.02. The van der Waals surface area contributed by atoms with Crippen LogP contribution in [0.15, 0.2) is 67.1 Å². The Labute approximate surface area is 244 Å². The molecule has 4 aromatic rings. The van der Waals surface area contributed by atoms with Gasteiger partial charge in [-0.05, 0) is 62.3 Å². The highest BCUT2D eigenvalue weighted by Crippen LogP contribution is 2.31. The van der Waals surface area contributed by atoms with Crippen molar-refractivity contribution in [1.82, 2.24) is 19.9 Å². The molecule has 1 saturated carbocycles. The number of carboxylic acids is 1. The maximum atomic E-state index is 12.8. The van der Waals surface area contributed by atoms with E-state index in [2.05, 4.69) is 25.3 Å². The van der Waals surface area contributed by atoms with Crippen molar-refractivity contribution in [3.63, 3.8) is 0 Å². The van der Waals surface area contributed by atoms with E-state index < -0.39 is 5.97 Å². The van der Waals surface area contributed by atoms with Gasteiger partial charge in [-0.1, -0.05) is 30.3 Å². The maximum absolute atomic E-state index is 12.8. The lowest BCUT2D eigenvalue weighted by Crippen LogP contribution is -2.43. The standard InChI is InChI=1S/C32H35N7O3/c1-21(40)39(28-12-8-26(9-13-28)36-31-33-18-24-4-2-3-5-29(24)37-31)27-10-6-22(7-11-27)25-19-34-32(35-20-25)38-16-14-23(15-17-38)30(41)42/h2-7,10-11,18-20,23,26,28H,8-9,12-17H2,1H3,(H,41,42)(H,33,36,37). The predicted molar refractivity (Wildman–Crippen MR) is 162 cm³/mol. The molecule has 2 aromatic heterocycles. The van der Waals surface area contributed by atoms with Crippen LogP contribution in [0, 0.1) is 5.92 Å². The molecule has 216 valence electrons. The lowest BCUT2D eigenvalue weighted by molar-refractivity contribution is -0.142. The third-order valence-corrected chi connectivity index (χ3v) is 8.47. The molecule has 2 aromatic carbocycles. The lowest BCUT2D eigenvalue weighted by atomic mass is 9.89. The number of anilines is 3. The van der Waals surface area contributed by atoms with Gasteiger partial charge in [0.05, 0.1) is 11.4 Å². The second-order valence-corrected chi connectivity index (χ2v) is 11.2. The molecule has 10 heteroatoms. The average Bonchev–Trinajstić information content (AvgIpc) is 3.02. The molecule has 1 aliphatic carbocycles. The number of aliphatic carboxylic acids is 1. The molecule has 6 rings (SSSR count). The van der Waals surface area contributed by atoms with Crippen molar-refractivity contribution in [2.75, 3.05) is 28.2 Å². The Morgan fingerprint density at radius 3 is 2.21 bits per heavy atom. The molecule has 10 nitrogen and oxygen atoms in total. The number of para-hydroxylation sites is 1. The summed E-state index contributed by atoms with van der Waals surface area (Å²) < 4.78 is 0. The average molecular weight is 566 g/mol. The number of carboxylic acid groups (broad SMARTS) is 1. The van der Waals surface area contributed by atoms with Crippen LogP contribution in [0.5, 0.6) is 0 Å². The van der Waals surface area contributed by atoms with Gasteiger partial charge in [0.1, 0.15) is 0 Å². The van der Waals surface area contributed by atoms with E-state index in [0.717, 1.165) is 53.4 Å². The minimum absolute atomic E-state index is 0.0383. The summed E-state index contributed by atoms with van der Waals surface area (Å²) in [6.45, 7) is 2.91. The van der Waals surface area contributed by atoms with Crippen LogP contribution < -0.4 is 15.1 Å². The number of carbonyl (C=O) groups excluding carboxylic acids is 1. The minimum atomic E-state index is -0.727. The number of hydrogen-bond donors (Lipinski definition) is 2. The van der Waals surface area contributed by atoms with Crippen LogP contribution in [0.25, 0.3) is 22.0 Å². The van der Waals surface area contributed by atoms with E-state index in [1.807, 2.05) is 64.5 Å². The fraction of sp³-hybridized carbons (Fsp3) is 0.375. The zero-order chi connectivity index (χ0) is 29.1. The number of aromatic nitrogens is 4. The van der Waals surface area contributed by atoms with Gasteiger partial charge in [0.2, 0.25) is 17.8 Å². The van der Waals surface area contributed by atoms with Gasteiger partial charge in [-0.25, -0.2) is 19.9 Å². The molecule has 0 unspecified atom stereocenters. The molecule has 1 saturated heterocycles. The molecule has 0 spiro atoms. The van der Waals surface area contributed by atoms with Crippen LogP contribution in [-0.4, -0.2) is 62.1 Å². The van der Waals surface area contributed by atoms with Crippen molar-refractivity contribution in [3.8, 4) is 11.1 Å². The molecule has 0 atom stereocenters. The molecule has 0 radical (unpaired) electrons. The molecule has 2 N–H and O–H groups in total. The lowest BCUT2D eigenvalue weighted by Gasteiger charge is -2.36. The number of piperidine rings is 1. The van der Waals surface area contributed by atoms with Gasteiger partial charge in [-0.3, -0.25) is 9.59 Å². The van der Waals surface area contributed by atoms with Crippen molar-refractivity contribution < 1.29 is 14.7 Å². The number of fused-ring (bicyclic) bond motifs is 1. The first kappa shape index (κ1) is 27.6. The van der Waals surface area contributed by atoms with Crippen molar-refractivity contribution in [2.45, 2.75) is 57.5 Å². The van der Waals surface area contributed by atoms with Gasteiger partial charge >= 0.3 is 5.97 Å². The summed E-state index contributed by atoms with van der Waals surface area (Å²) in [6, 6.07) is 16.4. The molecule has 0 bridgehead atoms. The number of carbonyl (C=O) groups is 2. The molecule has 2 fully saturated rings. The van der Waals surface area contributed by atoms with Crippen LogP contribution in [0.4, 0.5) is 17.6 Å². The largest absolute Gasteiger partial charge is 0.481 e. The Morgan fingerprint density at radius 2 is 1.55 bits per heavy atom. The number of nitrogens with zero attached hydrogens (tertiary/aromatic N) is 6. The molecular formula is C32H35N7O3. The quantitative estimate of drug-likeness (QED) is 0.312. The molecule has 3 heterocycles. The van der Waals surface area contributed by atoms with Gasteiger partial charge in [-0.15, -0.1) is 0 Å². The van der Waals surface area contributed by atoms with Crippen molar-refractivity contribution in [3.05, 3.63) is 67.1 Å². The van der Waals surface area contributed by atoms with E-state index in [-0.39, 0.29) is 23.9 Å². The SMILES string of the molecule is CC(=O)N(c1ccc(-c2cnc(N3CCC(C(=O)O)CC3)nc2)cc1)C1CCC(Nc2ncc3ccccc3n2)CC1. The summed E-state index contributed by atoms with van der Waals surface area (Å²) >= 11 is 0. The Bertz CT molecular complexity index is 1540. The summed E-state index contributed by atoms with van der Waals surface area (Å²) in [5.41, 5.74) is 3.68. The monoisotopic (exact) mass is 565 g/mol. The molecular weight excluding hydrogens is 530 g/mol. The van der Waals surface area contributed by atoms with Crippen LogP contribution in [0.2, 0.25) is 0 Å². The maximum Gasteiger partial charge on any atom is 0.306 e.